The van der Waals surface area contributed by atoms with E-state index in [0.29, 0.717) is 10.4 Å². The van der Waals surface area contributed by atoms with Gasteiger partial charge < -0.3 is 0 Å². The van der Waals surface area contributed by atoms with Crippen LogP contribution in [-0.2, 0) is 21.2 Å². The molecule has 1 fully saturated rings. The molecule has 2 heterocycles. The summed E-state index contributed by atoms with van der Waals surface area (Å²) < 4.78 is 27.8. The molecule has 154 valence electrons. The molecule has 0 unspecified atom stereocenters. The van der Waals surface area contributed by atoms with Crippen LogP contribution >= 0.6 is 22.9 Å². The van der Waals surface area contributed by atoms with Crippen molar-refractivity contribution < 1.29 is 18.0 Å². The molecule has 1 aromatic carbocycles. The molecule has 1 aliphatic heterocycles. The number of carbonyl (C=O) groups excluding carboxylic acids is 2. The maximum Gasteiger partial charge on any atom is 0.266 e. The first-order valence-corrected chi connectivity index (χ1v) is 12.2. The highest BCUT2D eigenvalue weighted by molar-refractivity contribution is 7.89. The average molecular weight is 453 g/mol. The molecule has 2 amide bonds. The molecule has 1 saturated carbocycles. The Morgan fingerprint density at radius 2 is 1.86 bits per heavy atom. The van der Waals surface area contributed by atoms with Gasteiger partial charge in [0.25, 0.3) is 5.91 Å². The molecule has 0 N–H and O–H groups in total. The van der Waals surface area contributed by atoms with Gasteiger partial charge in [-0.15, -0.1) is 11.3 Å². The van der Waals surface area contributed by atoms with Gasteiger partial charge in [-0.1, -0.05) is 30.9 Å². The topological polar surface area (TPSA) is 74.8 Å². The van der Waals surface area contributed by atoms with E-state index in [0.717, 1.165) is 37.0 Å². The van der Waals surface area contributed by atoms with Crippen molar-refractivity contribution in [2.45, 2.75) is 49.5 Å². The van der Waals surface area contributed by atoms with Crippen LogP contribution in [0, 0.1) is 0 Å². The second-order valence-electron chi connectivity index (χ2n) is 7.39. The van der Waals surface area contributed by atoms with Crippen molar-refractivity contribution in [3.05, 3.63) is 45.1 Å². The summed E-state index contributed by atoms with van der Waals surface area (Å²) in [7, 11) is -2.18. The number of amides is 2. The molecule has 9 heteroatoms. The van der Waals surface area contributed by atoms with Crippen LogP contribution in [0.2, 0.25) is 5.02 Å². The number of thiophene rings is 1. The summed E-state index contributed by atoms with van der Waals surface area (Å²) in [5.41, 5.74) is 0.565. The zero-order valence-electron chi connectivity index (χ0n) is 15.9. The lowest BCUT2D eigenvalue weighted by Gasteiger charge is -2.31. The van der Waals surface area contributed by atoms with E-state index in [1.165, 1.54) is 33.8 Å². The van der Waals surface area contributed by atoms with E-state index < -0.39 is 21.8 Å². The van der Waals surface area contributed by atoms with Crippen LogP contribution in [0.4, 0.5) is 5.69 Å². The Bertz CT molecular complexity index is 1070. The minimum atomic E-state index is -3.77. The number of rotatable bonds is 4. The van der Waals surface area contributed by atoms with Gasteiger partial charge in [-0.05, 0) is 42.5 Å². The lowest BCUT2D eigenvalue weighted by atomic mass is 9.96. The number of anilines is 1. The molecule has 1 aliphatic carbocycles. The Balaban J connectivity index is 1.71. The van der Waals surface area contributed by atoms with Gasteiger partial charge in [0.1, 0.15) is 0 Å². The molecule has 4 rings (SSSR count). The summed E-state index contributed by atoms with van der Waals surface area (Å²) in [6, 6.07) is 5.83. The molecule has 0 bridgehead atoms. The molecule has 0 radical (unpaired) electrons. The fourth-order valence-electron chi connectivity index (χ4n) is 3.99. The molecule has 0 saturated heterocycles. The first kappa shape index (κ1) is 20.5. The highest BCUT2D eigenvalue weighted by atomic mass is 35.5. The lowest BCUT2D eigenvalue weighted by Crippen LogP contribution is -2.42. The van der Waals surface area contributed by atoms with E-state index in [1.807, 2.05) is 0 Å². The molecule has 1 aromatic heterocycles. The van der Waals surface area contributed by atoms with Crippen molar-refractivity contribution in [2.24, 2.45) is 0 Å². The summed E-state index contributed by atoms with van der Waals surface area (Å²) in [5.74, 6) is -0.892. The van der Waals surface area contributed by atoms with Gasteiger partial charge in [-0.25, -0.2) is 13.3 Å². The standard InChI is InChI=1S/C20H21ClN2O4S2/c1-22(13-5-3-2-4-6-13)29(26,27)14-7-8-16(21)17(11-14)23-19(24)12-18-15(20(23)25)9-10-28-18/h7-11,13H,2-6,12H2,1H3. The number of halogens is 1. The van der Waals surface area contributed by atoms with Crippen LogP contribution in [0.1, 0.15) is 47.3 Å². The van der Waals surface area contributed by atoms with E-state index in [2.05, 4.69) is 0 Å². The van der Waals surface area contributed by atoms with Gasteiger partial charge in [0.05, 0.1) is 27.6 Å². The number of hydrogen-bond donors (Lipinski definition) is 0. The summed E-state index contributed by atoms with van der Waals surface area (Å²) >= 11 is 7.65. The summed E-state index contributed by atoms with van der Waals surface area (Å²) in [4.78, 5) is 27.3. The van der Waals surface area contributed by atoms with Crippen LogP contribution in [0.15, 0.2) is 34.5 Å². The van der Waals surface area contributed by atoms with Crippen molar-refractivity contribution in [2.75, 3.05) is 11.9 Å². The normalized spacial score (nSPS) is 18.4. The quantitative estimate of drug-likeness (QED) is 0.655. The van der Waals surface area contributed by atoms with Gasteiger partial charge in [0.15, 0.2) is 0 Å². The monoisotopic (exact) mass is 452 g/mol. The Morgan fingerprint density at radius 3 is 2.59 bits per heavy atom. The van der Waals surface area contributed by atoms with Crippen molar-refractivity contribution in [1.82, 2.24) is 4.31 Å². The van der Waals surface area contributed by atoms with Crippen molar-refractivity contribution >= 4 is 50.5 Å². The van der Waals surface area contributed by atoms with Gasteiger partial charge >= 0.3 is 0 Å². The number of carbonyl (C=O) groups is 2. The minimum Gasteiger partial charge on any atom is -0.274 e. The zero-order valence-corrected chi connectivity index (χ0v) is 18.3. The molecule has 0 spiro atoms. The van der Waals surface area contributed by atoms with Crippen LogP contribution in [-0.4, -0.2) is 37.6 Å². The number of nitrogens with zero attached hydrogens (tertiary/aromatic N) is 2. The maximum atomic E-state index is 13.2. The third-order valence-corrected chi connectivity index (χ3v) is 8.81. The van der Waals surface area contributed by atoms with Crippen LogP contribution in [0.25, 0.3) is 0 Å². The number of imide groups is 1. The largest absolute Gasteiger partial charge is 0.274 e. The SMILES string of the molecule is CN(C1CCCCC1)S(=O)(=O)c1ccc(Cl)c(N2C(=O)Cc3sccc3C2=O)c1. The Labute approximate surface area is 179 Å². The number of hydrogen-bond acceptors (Lipinski definition) is 5. The first-order chi connectivity index (χ1) is 13.8. The third-order valence-electron chi connectivity index (χ3n) is 5.66. The lowest BCUT2D eigenvalue weighted by molar-refractivity contribution is -0.117. The molecule has 2 aromatic rings. The molecular formula is C20H21ClN2O4S2. The number of sulfonamides is 1. The zero-order chi connectivity index (χ0) is 20.8. The van der Waals surface area contributed by atoms with Gasteiger partial charge in [0.2, 0.25) is 15.9 Å². The fraction of sp³-hybridized carbons (Fsp3) is 0.400. The molecular weight excluding hydrogens is 432 g/mol. The summed E-state index contributed by atoms with van der Waals surface area (Å²) in [6.45, 7) is 0. The van der Waals surface area contributed by atoms with Crippen LogP contribution in [0.5, 0.6) is 0 Å². The fourth-order valence-corrected chi connectivity index (χ4v) is 6.49. The van der Waals surface area contributed by atoms with Crippen LogP contribution < -0.4 is 4.90 Å². The Hall–Kier alpha value is -1.74. The predicted molar refractivity (Wildman–Crippen MR) is 113 cm³/mol. The Morgan fingerprint density at radius 1 is 1.14 bits per heavy atom. The molecule has 2 aliphatic rings. The molecule has 6 nitrogen and oxygen atoms in total. The second kappa shape index (κ2) is 7.83. The van der Waals surface area contributed by atoms with E-state index in [-0.39, 0.29) is 28.1 Å². The molecule has 29 heavy (non-hydrogen) atoms. The van der Waals surface area contributed by atoms with Crippen molar-refractivity contribution in [3.63, 3.8) is 0 Å². The summed E-state index contributed by atoms with van der Waals surface area (Å²) in [5, 5.41) is 1.92. The minimum absolute atomic E-state index is 0.0293. The average Bonchev–Trinajstić information content (AvgIpc) is 3.18. The van der Waals surface area contributed by atoms with E-state index in [4.69, 9.17) is 11.6 Å². The van der Waals surface area contributed by atoms with Crippen molar-refractivity contribution in [1.29, 1.82) is 0 Å². The Kier molecular flexibility index (Phi) is 5.54. The highest BCUT2D eigenvalue weighted by Crippen LogP contribution is 2.35. The van der Waals surface area contributed by atoms with Crippen LogP contribution in [0.3, 0.4) is 0 Å². The van der Waals surface area contributed by atoms with Gasteiger partial charge in [0, 0.05) is 18.0 Å². The first-order valence-electron chi connectivity index (χ1n) is 9.52. The van der Waals surface area contributed by atoms with E-state index in [9.17, 15) is 18.0 Å². The third kappa shape index (κ3) is 3.63. The molecule has 0 atom stereocenters. The maximum absolute atomic E-state index is 13.2. The van der Waals surface area contributed by atoms with E-state index in [1.54, 1.807) is 18.5 Å². The van der Waals surface area contributed by atoms with E-state index >= 15 is 0 Å². The van der Waals surface area contributed by atoms with Crippen molar-refractivity contribution in [3.8, 4) is 0 Å². The second-order valence-corrected chi connectivity index (χ2v) is 10.8. The van der Waals surface area contributed by atoms with Gasteiger partial charge in [-0.2, -0.15) is 4.31 Å². The number of benzene rings is 1. The highest BCUT2D eigenvalue weighted by Gasteiger charge is 2.36. The van der Waals surface area contributed by atoms with Gasteiger partial charge in [-0.3, -0.25) is 9.59 Å². The smallest absolute Gasteiger partial charge is 0.266 e. The predicted octanol–water partition coefficient (Wildman–Crippen LogP) is 4.08. The number of fused-ring (bicyclic) bond motifs is 1. The summed E-state index contributed by atoms with van der Waals surface area (Å²) in [6.07, 6.45) is 4.90.